The van der Waals surface area contributed by atoms with Crippen LogP contribution in [0.25, 0.3) is 22.3 Å². The van der Waals surface area contributed by atoms with Crippen LogP contribution in [0.1, 0.15) is 38.1 Å². The Morgan fingerprint density at radius 2 is 1.49 bits per heavy atom. The summed E-state index contributed by atoms with van der Waals surface area (Å²) in [6, 6.07) is 21.5. The molecule has 0 saturated carbocycles. The van der Waals surface area contributed by atoms with Crippen LogP contribution in [0.5, 0.6) is 5.75 Å². The molecule has 4 rings (SSSR count). The zero-order chi connectivity index (χ0) is 24.9. The van der Waals surface area contributed by atoms with Crippen molar-refractivity contribution in [3.63, 3.8) is 0 Å². The van der Waals surface area contributed by atoms with Crippen LogP contribution in [-0.2, 0) is 17.8 Å². The maximum absolute atomic E-state index is 12.6. The number of carbonyl (C=O) groups is 3. The minimum absolute atomic E-state index is 0.0289. The molecule has 0 radical (unpaired) electrons. The molecule has 0 spiro atoms. The first-order valence-electron chi connectivity index (χ1n) is 10.9. The lowest BCUT2D eigenvalue weighted by Gasteiger charge is -2.07. The second kappa shape index (κ2) is 10.4. The number of rotatable bonds is 8. The van der Waals surface area contributed by atoms with Crippen molar-refractivity contribution in [1.82, 2.24) is 5.32 Å². The Hall–Kier alpha value is -4.23. The van der Waals surface area contributed by atoms with Crippen LogP contribution < -0.4 is 5.32 Å². The molecule has 0 unspecified atom stereocenters. The van der Waals surface area contributed by atoms with E-state index in [2.05, 4.69) is 5.32 Å². The fourth-order valence-electron chi connectivity index (χ4n) is 3.66. The number of ketones is 1. The van der Waals surface area contributed by atoms with Gasteiger partial charge in [0.2, 0.25) is 0 Å². The number of phenols is 1. The molecule has 176 valence electrons. The third kappa shape index (κ3) is 5.83. The van der Waals surface area contributed by atoms with Gasteiger partial charge in [-0.3, -0.25) is 14.4 Å². The van der Waals surface area contributed by atoms with Crippen molar-refractivity contribution in [2.45, 2.75) is 19.9 Å². The smallest absolute Gasteiger partial charge is 0.307 e. The zero-order valence-corrected chi connectivity index (χ0v) is 19.8. The normalized spacial score (nSPS) is 10.7. The highest BCUT2D eigenvalue weighted by atomic mass is 32.1. The molecule has 1 heterocycles. The fraction of sp³-hybridized carbons (Fsp3) is 0.107. The minimum atomic E-state index is -0.879. The van der Waals surface area contributed by atoms with Gasteiger partial charge >= 0.3 is 5.97 Å². The van der Waals surface area contributed by atoms with E-state index in [1.807, 2.05) is 47.8 Å². The van der Waals surface area contributed by atoms with Gasteiger partial charge in [0.05, 0.1) is 11.3 Å². The lowest BCUT2D eigenvalue weighted by Crippen LogP contribution is -2.21. The number of aromatic hydroxyl groups is 1. The molecule has 1 aromatic heterocycles. The summed E-state index contributed by atoms with van der Waals surface area (Å²) in [6.07, 6.45) is -0.0289. The first-order chi connectivity index (χ1) is 16.8. The van der Waals surface area contributed by atoms with Crippen LogP contribution in [0.2, 0.25) is 0 Å². The molecule has 4 aromatic rings. The van der Waals surface area contributed by atoms with Gasteiger partial charge in [-0.15, -0.1) is 11.3 Å². The second-order valence-corrected chi connectivity index (χ2v) is 9.05. The van der Waals surface area contributed by atoms with Crippen molar-refractivity contribution >= 4 is 29.0 Å². The Labute approximate surface area is 206 Å². The first-order valence-corrected chi connectivity index (χ1v) is 11.8. The lowest BCUT2D eigenvalue weighted by molar-refractivity contribution is -0.136. The average molecular weight is 486 g/mol. The summed E-state index contributed by atoms with van der Waals surface area (Å²) in [5.41, 5.74) is 5.39. The molecule has 0 aliphatic heterocycles. The predicted octanol–water partition coefficient (Wildman–Crippen LogP) is 5.55. The quantitative estimate of drug-likeness (QED) is 0.284. The van der Waals surface area contributed by atoms with Gasteiger partial charge in [-0.25, -0.2) is 0 Å². The van der Waals surface area contributed by atoms with Gasteiger partial charge in [0.25, 0.3) is 5.91 Å². The lowest BCUT2D eigenvalue weighted by atomic mass is 9.99. The van der Waals surface area contributed by atoms with Crippen molar-refractivity contribution in [2.75, 3.05) is 0 Å². The van der Waals surface area contributed by atoms with E-state index in [-0.39, 0.29) is 23.9 Å². The largest absolute Gasteiger partial charge is 0.507 e. The van der Waals surface area contributed by atoms with Gasteiger partial charge in [0.1, 0.15) is 5.75 Å². The van der Waals surface area contributed by atoms with Crippen LogP contribution in [0.15, 0.2) is 78.2 Å². The summed E-state index contributed by atoms with van der Waals surface area (Å²) in [5, 5.41) is 24.0. The predicted molar refractivity (Wildman–Crippen MR) is 136 cm³/mol. The first kappa shape index (κ1) is 23.9. The Bertz CT molecular complexity index is 1390. The Morgan fingerprint density at radius 3 is 2.11 bits per heavy atom. The number of carboxylic acid groups (broad SMARTS) is 1. The number of amides is 1. The van der Waals surface area contributed by atoms with E-state index in [1.165, 1.54) is 24.3 Å². The maximum atomic E-state index is 12.6. The number of Topliss-reactive ketones (excluding diaryl/α,β-unsaturated/α-hetero) is 1. The molecule has 6 nitrogen and oxygen atoms in total. The molecular formula is C28H23NO5S. The number of benzene rings is 3. The van der Waals surface area contributed by atoms with E-state index in [1.54, 1.807) is 24.3 Å². The number of carboxylic acids is 1. The summed E-state index contributed by atoms with van der Waals surface area (Å²) in [7, 11) is 0. The van der Waals surface area contributed by atoms with Crippen molar-refractivity contribution < 1.29 is 24.6 Å². The van der Waals surface area contributed by atoms with Gasteiger partial charge < -0.3 is 15.5 Å². The molecule has 3 aromatic carbocycles. The van der Waals surface area contributed by atoms with Crippen LogP contribution in [0, 0.1) is 0 Å². The van der Waals surface area contributed by atoms with Crippen LogP contribution in [0.3, 0.4) is 0 Å². The molecule has 0 atom stereocenters. The van der Waals surface area contributed by atoms with Gasteiger partial charge in [0.15, 0.2) is 5.78 Å². The Balaban J connectivity index is 1.40. The summed E-state index contributed by atoms with van der Waals surface area (Å²) in [5.74, 6) is -1.11. The maximum Gasteiger partial charge on any atom is 0.307 e. The van der Waals surface area contributed by atoms with E-state index >= 15 is 0 Å². The third-order valence-corrected chi connectivity index (χ3v) is 6.52. The number of hydrogen-bond donors (Lipinski definition) is 3. The van der Waals surface area contributed by atoms with Crippen molar-refractivity contribution in [2.24, 2.45) is 0 Å². The van der Waals surface area contributed by atoms with Gasteiger partial charge in [-0.1, -0.05) is 54.6 Å². The average Bonchev–Trinajstić information content (AvgIpc) is 3.34. The van der Waals surface area contributed by atoms with E-state index < -0.39 is 5.97 Å². The molecule has 0 saturated heterocycles. The van der Waals surface area contributed by atoms with Gasteiger partial charge in [-0.2, -0.15) is 0 Å². The molecule has 0 aliphatic carbocycles. The summed E-state index contributed by atoms with van der Waals surface area (Å²) in [6.45, 7) is 1.81. The highest BCUT2D eigenvalue weighted by Crippen LogP contribution is 2.33. The van der Waals surface area contributed by atoms with E-state index in [9.17, 15) is 19.5 Å². The van der Waals surface area contributed by atoms with E-state index in [0.29, 0.717) is 28.1 Å². The molecule has 3 N–H and O–H groups in total. The van der Waals surface area contributed by atoms with E-state index in [4.69, 9.17) is 5.11 Å². The second-order valence-electron chi connectivity index (χ2n) is 8.13. The van der Waals surface area contributed by atoms with E-state index in [0.717, 1.165) is 22.3 Å². The van der Waals surface area contributed by atoms with Crippen molar-refractivity contribution in [1.29, 1.82) is 0 Å². The van der Waals surface area contributed by atoms with Gasteiger partial charge in [-0.05, 0) is 58.3 Å². The van der Waals surface area contributed by atoms with Crippen molar-refractivity contribution in [3.05, 3.63) is 99.7 Å². The Morgan fingerprint density at radius 1 is 0.829 bits per heavy atom. The number of carbonyl (C=O) groups excluding carboxylic acids is 2. The fourth-order valence-corrected chi connectivity index (χ4v) is 4.49. The standard InChI is InChI=1S/C28H23NO5S/c1-17(30)22-10-11-24(25(31)13-22)21-8-6-20(7-9-21)23-14-26(35-16-23)28(34)29-15-19-4-2-18(3-5-19)12-27(32)33/h2-11,13-14,16,31H,12,15H2,1H3,(H,29,34)(H,32,33). The highest BCUT2D eigenvalue weighted by molar-refractivity contribution is 7.12. The molecule has 0 aliphatic rings. The number of nitrogens with one attached hydrogen (secondary N) is 1. The summed E-state index contributed by atoms with van der Waals surface area (Å²) >= 11 is 1.35. The monoisotopic (exact) mass is 485 g/mol. The molecule has 1 amide bonds. The molecule has 0 fully saturated rings. The number of thiophene rings is 1. The Kier molecular flexibility index (Phi) is 7.08. The number of aliphatic carboxylic acids is 1. The SMILES string of the molecule is CC(=O)c1ccc(-c2ccc(-c3csc(C(=O)NCc4ccc(CC(=O)O)cc4)c3)cc2)c(O)c1. The van der Waals surface area contributed by atoms with Crippen LogP contribution in [-0.4, -0.2) is 27.9 Å². The molecular weight excluding hydrogens is 462 g/mol. The molecule has 7 heteroatoms. The molecule has 35 heavy (non-hydrogen) atoms. The zero-order valence-electron chi connectivity index (χ0n) is 18.9. The third-order valence-electron chi connectivity index (χ3n) is 5.59. The summed E-state index contributed by atoms with van der Waals surface area (Å²) in [4.78, 5) is 35.5. The van der Waals surface area contributed by atoms with Gasteiger partial charge in [0, 0.05) is 17.7 Å². The topological polar surface area (TPSA) is 104 Å². The van der Waals surface area contributed by atoms with Crippen LogP contribution >= 0.6 is 11.3 Å². The van der Waals surface area contributed by atoms with Crippen LogP contribution in [0.4, 0.5) is 0 Å². The number of hydrogen-bond acceptors (Lipinski definition) is 5. The summed E-state index contributed by atoms with van der Waals surface area (Å²) < 4.78 is 0. The van der Waals surface area contributed by atoms with Crippen molar-refractivity contribution in [3.8, 4) is 28.0 Å². The highest BCUT2D eigenvalue weighted by Gasteiger charge is 2.12. The molecule has 0 bridgehead atoms. The minimum Gasteiger partial charge on any atom is -0.507 e. The number of phenolic OH excluding ortho intramolecular Hbond substituents is 1.